The molecule has 0 bridgehead atoms. The van der Waals surface area contributed by atoms with E-state index in [9.17, 15) is 23.1 Å². The van der Waals surface area contributed by atoms with Gasteiger partial charge in [0, 0.05) is 10.6 Å². The van der Waals surface area contributed by atoms with Gasteiger partial charge in [0.05, 0.1) is 16.6 Å². The summed E-state index contributed by atoms with van der Waals surface area (Å²) in [6.45, 7) is 1.66. The molecule has 0 amide bonds. The molecule has 2 aromatic rings. The fraction of sp³-hybridized carbons (Fsp3) is 0.222. The van der Waals surface area contributed by atoms with Crippen molar-refractivity contribution in [2.75, 3.05) is 4.31 Å². The van der Waals surface area contributed by atoms with Gasteiger partial charge in [-0.15, -0.1) is 0 Å². The number of sulfonamides is 1. The van der Waals surface area contributed by atoms with Crippen LogP contribution in [0.3, 0.4) is 0 Å². The predicted molar refractivity (Wildman–Crippen MR) is 97.1 cm³/mol. The summed E-state index contributed by atoms with van der Waals surface area (Å²) >= 11 is 5.84. The standard InChI is InChI=1S/C18H16ClNO5S/c1-2-14-16(18(22)23)17(21)13-5-3-4-6-15(13)20(14)26(24,25)12-9-7-11(19)8-10-12/h3-10,14,16H,2H2,1H3,(H,22,23). The summed E-state index contributed by atoms with van der Waals surface area (Å²) in [7, 11) is -4.08. The van der Waals surface area contributed by atoms with Crippen LogP contribution in [-0.4, -0.2) is 31.3 Å². The first-order chi connectivity index (χ1) is 12.3. The molecule has 2 atom stereocenters. The summed E-state index contributed by atoms with van der Waals surface area (Å²) in [6.07, 6.45) is 0.170. The van der Waals surface area contributed by atoms with Crippen molar-refractivity contribution >= 4 is 39.1 Å². The zero-order valence-corrected chi connectivity index (χ0v) is 15.4. The molecule has 0 aromatic heterocycles. The second-order valence-corrected chi connectivity index (χ2v) is 8.18. The first kappa shape index (κ1) is 18.4. The van der Waals surface area contributed by atoms with E-state index in [4.69, 9.17) is 11.6 Å². The number of ketones is 1. The van der Waals surface area contributed by atoms with E-state index < -0.39 is 33.7 Å². The van der Waals surface area contributed by atoms with E-state index in [1.165, 1.54) is 36.4 Å². The van der Waals surface area contributed by atoms with Crippen molar-refractivity contribution < 1.29 is 23.1 Å². The first-order valence-electron chi connectivity index (χ1n) is 7.95. The molecule has 2 unspecified atom stereocenters. The number of hydrogen-bond donors (Lipinski definition) is 1. The van der Waals surface area contributed by atoms with Gasteiger partial charge in [0.25, 0.3) is 10.0 Å². The molecule has 0 fully saturated rings. The van der Waals surface area contributed by atoms with E-state index in [0.717, 1.165) is 4.31 Å². The normalized spacial score (nSPS) is 19.9. The zero-order valence-electron chi connectivity index (χ0n) is 13.8. The number of hydrogen-bond acceptors (Lipinski definition) is 4. The topological polar surface area (TPSA) is 91.8 Å². The third-order valence-electron chi connectivity index (χ3n) is 4.43. The van der Waals surface area contributed by atoms with Crippen molar-refractivity contribution in [1.82, 2.24) is 0 Å². The molecule has 8 heteroatoms. The van der Waals surface area contributed by atoms with E-state index >= 15 is 0 Å². The van der Waals surface area contributed by atoms with E-state index in [2.05, 4.69) is 0 Å². The second-order valence-electron chi connectivity index (χ2n) is 5.93. The average molecular weight is 394 g/mol. The van der Waals surface area contributed by atoms with Crippen LogP contribution in [0.15, 0.2) is 53.4 Å². The molecule has 1 aliphatic heterocycles. The molecule has 1 N–H and O–H groups in total. The van der Waals surface area contributed by atoms with Crippen LogP contribution in [0.1, 0.15) is 23.7 Å². The number of para-hydroxylation sites is 1. The first-order valence-corrected chi connectivity index (χ1v) is 9.77. The number of anilines is 1. The van der Waals surface area contributed by atoms with Crippen LogP contribution < -0.4 is 4.31 Å². The zero-order chi connectivity index (χ0) is 19.1. The molecule has 0 spiro atoms. The van der Waals surface area contributed by atoms with Crippen molar-refractivity contribution in [3.8, 4) is 0 Å². The minimum atomic E-state index is -4.08. The fourth-order valence-electron chi connectivity index (χ4n) is 3.24. The molecule has 26 heavy (non-hydrogen) atoms. The molecule has 0 saturated carbocycles. The van der Waals surface area contributed by atoms with Gasteiger partial charge in [0.15, 0.2) is 5.78 Å². The Morgan fingerprint density at radius 2 is 1.77 bits per heavy atom. The number of carboxylic acids is 1. The molecular weight excluding hydrogens is 378 g/mol. The number of carboxylic acid groups (broad SMARTS) is 1. The van der Waals surface area contributed by atoms with E-state index in [-0.39, 0.29) is 22.6 Å². The highest BCUT2D eigenvalue weighted by atomic mass is 35.5. The molecule has 2 aromatic carbocycles. The van der Waals surface area contributed by atoms with Gasteiger partial charge in [-0.1, -0.05) is 30.7 Å². The Bertz CT molecular complexity index is 971. The van der Waals surface area contributed by atoms with Crippen molar-refractivity contribution in [2.24, 2.45) is 5.92 Å². The highest BCUT2D eigenvalue weighted by Crippen LogP contribution is 2.39. The Balaban J connectivity index is 2.26. The Morgan fingerprint density at radius 3 is 2.35 bits per heavy atom. The number of carbonyl (C=O) groups excluding carboxylic acids is 1. The molecule has 0 aliphatic carbocycles. The number of fused-ring (bicyclic) bond motifs is 1. The number of aliphatic carboxylic acids is 1. The molecule has 1 heterocycles. The third kappa shape index (κ3) is 2.87. The van der Waals surface area contributed by atoms with Crippen LogP contribution >= 0.6 is 11.6 Å². The van der Waals surface area contributed by atoms with Gasteiger partial charge in [0.2, 0.25) is 0 Å². The lowest BCUT2D eigenvalue weighted by atomic mass is 9.84. The maximum atomic E-state index is 13.3. The van der Waals surface area contributed by atoms with Gasteiger partial charge < -0.3 is 5.11 Å². The summed E-state index contributed by atoms with van der Waals surface area (Å²) in [6, 6.07) is 10.8. The van der Waals surface area contributed by atoms with Crippen molar-refractivity contribution in [3.63, 3.8) is 0 Å². The number of rotatable bonds is 4. The third-order valence-corrected chi connectivity index (χ3v) is 6.54. The summed E-state index contributed by atoms with van der Waals surface area (Å²) in [4.78, 5) is 24.4. The van der Waals surface area contributed by atoms with Gasteiger partial charge in [0.1, 0.15) is 5.92 Å². The van der Waals surface area contributed by atoms with Gasteiger partial charge in [-0.3, -0.25) is 13.9 Å². The highest BCUT2D eigenvalue weighted by molar-refractivity contribution is 7.92. The van der Waals surface area contributed by atoms with Crippen molar-refractivity contribution in [2.45, 2.75) is 24.3 Å². The van der Waals surface area contributed by atoms with Crippen LogP contribution in [0.5, 0.6) is 0 Å². The van der Waals surface area contributed by atoms with Crippen LogP contribution in [0.2, 0.25) is 5.02 Å². The van der Waals surface area contributed by atoms with Crippen LogP contribution in [0.25, 0.3) is 0 Å². The minimum absolute atomic E-state index is 0.0198. The number of benzene rings is 2. The van der Waals surface area contributed by atoms with Crippen LogP contribution in [0, 0.1) is 5.92 Å². The molecule has 0 saturated heterocycles. The van der Waals surface area contributed by atoms with Gasteiger partial charge in [-0.05, 0) is 42.8 Å². The monoisotopic (exact) mass is 393 g/mol. The Kier molecular flexibility index (Phi) is 4.77. The average Bonchev–Trinajstić information content (AvgIpc) is 2.61. The summed E-state index contributed by atoms with van der Waals surface area (Å²) in [5.41, 5.74) is 0.277. The molecular formula is C18H16ClNO5S. The molecule has 6 nitrogen and oxygen atoms in total. The number of halogens is 1. The summed E-state index contributed by atoms with van der Waals surface area (Å²) in [5.74, 6) is -3.38. The molecule has 0 radical (unpaired) electrons. The number of nitrogens with zero attached hydrogens (tertiary/aromatic N) is 1. The quantitative estimate of drug-likeness (QED) is 0.805. The van der Waals surface area contributed by atoms with Crippen molar-refractivity contribution in [1.29, 1.82) is 0 Å². The van der Waals surface area contributed by atoms with Crippen molar-refractivity contribution in [3.05, 3.63) is 59.1 Å². The highest BCUT2D eigenvalue weighted by Gasteiger charge is 2.48. The Labute approximate surface area is 156 Å². The smallest absolute Gasteiger partial charge is 0.316 e. The Hall–Kier alpha value is -2.38. The maximum Gasteiger partial charge on any atom is 0.316 e. The summed E-state index contributed by atoms with van der Waals surface area (Å²) in [5, 5.41) is 9.95. The molecule has 3 rings (SSSR count). The van der Waals surface area contributed by atoms with Gasteiger partial charge >= 0.3 is 5.97 Å². The van der Waals surface area contributed by atoms with Crippen LogP contribution in [-0.2, 0) is 14.8 Å². The second kappa shape index (κ2) is 6.74. The van der Waals surface area contributed by atoms with E-state index in [0.29, 0.717) is 5.02 Å². The van der Waals surface area contributed by atoms with Gasteiger partial charge in [-0.2, -0.15) is 0 Å². The minimum Gasteiger partial charge on any atom is -0.481 e. The number of carbonyl (C=O) groups is 2. The SMILES string of the molecule is CCC1C(C(=O)O)C(=O)c2ccccc2N1S(=O)(=O)c1ccc(Cl)cc1. The van der Waals surface area contributed by atoms with Gasteiger partial charge in [-0.25, -0.2) is 8.42 Å². The Morgan fingerprint density at radius 1 is 1.15 bits per heavy atom. The lowest BCUT2D eigenvalue weighted by Crippen LogP contribution is -2.53. The van der Waals surface area contributed by atoms with E-state index in [1.54, 1.807) is 19.1 Å². The lowest BCUT2D eigenvalue weighted by Gasteiger charge is -2.39. The maximum absolute atomic E-state index is 13.3. The lowest BCUT2D eigenvalue weighted by molar-refractivity contribution is -0.140. The fourth-order valence-corrected chi connectivity index (χ4v) is 5.12. The van der Waals surface area contributed by atoms with E-state index in [1.807, 2.05) is 0 Å². The molecule has 136 valence electrons. The predicted octanol–water partition coefficient (Wildman–Crippen LogP) is 3.21. The molecule has 1 aliphatic rings. The van der Waals surface area contributed by atoms with Crippen LogP contribution in [0.4, 0.5) is 5.69 Å². The largest absolute Gasteiger partial charge is 0.481 e. The number of Topliss-reactive ketones (excluding diaryl/α,β-unsaturated/α-hetero) is 1. The summed E-state index contributed by atoms with van der Waals surface area (Å²) < 4.78 is 27.6.